The van der Waals surface area contributed by atoms with Gasteiger partial charge in [0.25, 0.3) is 0 Å². The largest absolute Gasteiger partial charge is 0.308 e. The molecular weight excluding hydrogens is 253 g/mol. The van der Waals surface area contributed by atoms with E-state index >= 15 is 0 Å². The first-order chi connectivity index (χ1) is 8.32. The molecule has 5 heteroatoms. The quantitative estimate of drug-likeness (QED) is 0.898. The minimum Gasteiger partial charge on any atom is -0.308 e. The number of nitrogens with one attached hydrogen (secondary N) is 1. The average Bonchev–Trinajstić information content (AvgIpc) is 2.25. The topological polar surface area (TPSA) is 46.2 Å². The fourth-order valence-corrected chi connectivity index (χ4v) is 4.10. The van der Waals surface area contributed by atoms with Crippen molar-refractivity contribution in [2.45, 2.75) is 49.4 Å². The van der Waals surface area contributed by atoms with E-state index in [4.69, 9.17) is 0 Å². The number of sulfone groups is 1. The normalized spacial score (nSPS) is 26.1. The molecule has 2 unspecified atom stereocenters. The molecule has 2 atom stereocenters. The van der Waals surface area contributed by atoms with Crippen LogP contribution in [-0.2, 0) is 9.84 Å². The van der Waals surface area contributed by atoms with Gasteiger partial charge < -0.3 is 5.32 Å². The Labute approximate surface area is 107 Å². The van der Waals surface area contributed by atoms with E-state index in [9.17, 15) is 12.8 Å². The van der Waals surface area contributed by atoms with Crippen molar-refractivity contribution in [2.24, 2.45) is 0 Å². The number of rotatable bonds is 2. The van der Waals surface area contributed by atoms with E-state index < -0.39 is 20.9 Å². The Kier molecular flexibility index (Phi) is 3.47. The second-order valence-electron chi connectivity index (χ2n) is 5.15. The third kappa shape index (κ3) is 2.29. The standard InChI is InChI=1S/C13H18FNO2S/c1-8(2)15-12-6-9(3)18(16,17)13-7-10(14)4-5-11(12)13/h4-5,7-9,12,15H,6H2,1-3H3. The lowest BCUT2D eigenvalue weighted by molar-refractivity contribution is 0.427. The lowest BCUT2D eigenvalue weighted by atomic mass is 10.0. The Balaban J connectivity index is 2.54. The van der Waals surface area contributed by atoms with Crippen molar-refractivity contribution >= 4 is 9.84 Å². The molecule has 0 spiro atoms. The number of hydrogen-bond donors (Lipinski definition) is 1. The van der Waals surface area contributed by atoms with E-state index in [0.717, 1.165) is 6.07 Å². The van der Waals surface area contributed by atoms with Crippen LogP contribution in [0.1, 0.15) is 38.8 Å². The van der Waals surface area contributed by atoms with Gasteiger partial charge >= 0.3 is 0 Å². The highest BCUT2D eigenvalue weighted by Gasteiger charge is 2.36. The molecule has 1 aliphatic heterocycles. The molecule has 0 radical (unpaired) electrons. The Bertz CT molecular complexity index is 554. The average molecular weight is 271 g/mol. The predicted octanol–water partition coefficient (Wildman–Crippen LogP) is 2.43. The molecule has 0 fully saturated rings. The monoisotopic (exact) mass is 271 g/mol. The summed E-state index contributed by atoms with van der Waals surface area (Å²) >= 11 is 0. The van der Waals surface area contributed by atoms with Crippen LogP contribution >= 0.6 is 0 Å². The van der Waals surface area contributed by atoms with Crippen molar-refractivity contribution in [3.63, 3.8) is 0 Å². The van der Waals surface area contributed by atoms with Crippen LogP contribution in [0.2, 0.25) is 0 Å². The van der Waals surface area contributed by atoms with Gasteiger partial charge in [0, 0.05) is 12.1 Å². The molecule has 1 aliphatic rings. The van der Waals surface area contributed by atoms with Crippen LogP contribution in [0.5, 0.6) is 0 Å². The second-order valence-corrected chi connectivity index (χ2v) is 7.48. The first-order valence-electron chi connectivity index (χ1n) is 6.11. The Hall–Kier alpha value is -0.940. The summed E-state index contributed by atoms with van der Waals surface area (Å²) < 4.78 is 37.7. The smallest absolute Gasteiger partial charge is 0.181 e. The van der Waals surface area contributed by atoms with Gasteiger partial charge in [-0.2, -0.15) is 0 Å². The Morgan fingerprint density at radius 3 is 2.67 bits per heavy atom. The maximum absolute atomic E-state index is 13.3. The van der Waals surface area contributed by atoms with E-state index in [0.29, 0.717) is 12.0 Å². The molecule has 100 valence electrons. The Morgan fingerprint density at radius 2 is 2.06 bits per heavy atom. The fourth-order valence-electron chi connectivity index (χ4n) is 2.40. The molecule has 2 rings (SSSR count). The Morgan fingerprint density at radius 1 is 1.39 bits per heavy atom. The van der Waals surface area contributed by atoms with Crippen LogP contribution in [0.3, 0.4) is 0 Å². The van der Waals surface area contributed by atoms with Crippen molar-refractivity contribution < 1.29 is 12.8 Å². The molecule has 0 aliphatic carbocycles. The van der Waals surface area contributed by atoms with Crippen LogP contribution in [0.15, 0.2) is 23.1 Å². The number of benzene rings is 1. The van der Waals surface area contributed by atoms with Gasteiger partial charge in [-0.25, -0.2) is 12.8 Å². The van der Waals surface area contributed by atoms with Crippen molar-refractivity contribution in [1.29, 1.82) is 0 Å². The molecule has 0 saturated heterocycles. The first-order valence-corrected chi connectivity index (χ1v) is 7.66. The highest BCUT2D eigenvalue weighted by atomic mass is 32.2. The van der Waals surface area contributed by atoms with E-state index in [1.54, 1.807) is 13.0 Å². The SMILES string of the molecule is CC(C)NC1CC(C)S(=O)(=O)c2cc(F)ccc21. The molecule has 1 aromatic carbocycles. The summed E-state index contributed by atoms with van der Waals surface area (Å²) in [6, 6.07) is 4.25. The highest BCUT2D eigenvalue weighted by molar-refractivity contribution is 7.92. The highest BCUT2D eigenvalue weighted by Crippen LogP contribution is 2.36. The summed E-state index contributed by atoms with van der Waals surface area (Å²) in [5.74, 6) is -0.505. The van der Waals surface area contributed by atoms with E-state index in [1.807, 2.05) is 13.8 Å². The van der Waals surface area contributed by atoms with Crippen LogP contribution in [0.4, 0.5) is 4.39 Å². The zero-order valence-corrected chi connectivity index (χ0v) is 11.6. The molecule has 1 N–H and O–H groups in total. The van der Waals surface area contributed by atoms with Gasteiger partial charge in [0.15, 0.2) is 9.84 Å². The van der Waals surface area contributed by atoms with Gasteiger partial charge in [-0.3, -0.25) is 0 Å². The molecule has 18 heavy (non-hydrogen) atoms. The van der Waals surface area contributed by atoms with E-state index in [-0.39, 0.29) is 17.0 Å². The van der Waals surface area contributed by atoms with Crippen molar-refractivity contribution in [3.8, 4) is 0 Å². The zero-order chi connectivity index (χ0) is 13.5. The third-order valence-electron chi connectivity index (χ3n) is 3.29. The van der Waals surface area contributed by atoms with Gasteiger partial charge in [-0.1, -0.05) is 19.9 Å². The molecule has 1 aromatic rings. The zero-order valence-electron chi connectivity index (χ0n) is 10.8. The van der Waals surface area contributed by atoms with Crippen LogP contribution in [-0.4, -0.2) is 19.7 Å². The van der Waals surface area contributed by atoms with Gasteiger partial charge in [0.05, 0.1) is 10.1 Å². The maximum atomic E-state index is 13.3. The number of fused-ring (bicyclic) bond motifs is 1. The summed E-state index contributed by atoms with van der Waals surface area (Å²) in [5.41, 5.74) is 0.684. The fraction of sp³-hybridized carbons (Fsp3) is 0.538. The summed E-state index contributed by atoms with van der Waals surface area (Å²) in [6.07, 6.45) is 0.527. The molecule has 3 nitrogen and oxygen atoms in total. The predicted molar refractivity (Wildman–Crippen MR) is 68.7 cm³/mol. The van der Waals surface area contributed by atoms with Gasteiger partial charge in [-0.15, -0.1) is 0 Å². The van der Waals surface area contributed by atoms with E-state index in [1.165, 1.54) is 6.07 Å². The molecule has 1 heterocycles. The van der Waals surface area contributed by atoms with Crippen LogP contribution in [0.25, 0.3) is 0 Å². The number of halogens is 1. The first kappa shape index (κ1) is 13.5. The van der Waals surface area contributed by atoms with Gasteiger partial charge in [0.1, 0.15) is 5.82 Å². The van der Waals surface area contributed by atoms with Crippen molar-refractivity contribution in [2.75, 3.05) is 0 Å². The van der Waals surface area contributed by atoms with Crippen LogP contribution < -0.4 is 5.32 Å². The minimum atomic E-state index is -3.39. The summed E-state index contributed by atoms with van der Waals surface area (Å²) in [6.45, 7) is 5.70. The summed E-state index contributed by atoms with van der Waals surface area (Å²) in [5, 5.41) is 2.86. The number of hydrogen-bond acceptors (Lipinski definition) is 3. The van der Waals surface area contributed by atoms with Gasteiger partial charge in [-0.05, 0) is 31.0 Å². The lowest BCUT2D eigenvalue weighted by Crippen LogP contribution is -2.37. The molecule has 0 amide bonds. The summed E-state index contributed by atoms with van der Waals surface area (Å²) in [4.78, 5) is 0.138. The third-order valence-corrected chi connectivity index (χ3v) is 5.51. The molecular formula is C13H18FNO2S. The van der Waals surface area contributed by atoms with Crippen molar-refractivity contribution in [1.82, 2.24) is 5.32 Å². The lowest BCUT2D eigenvalue weighted by Gasteiger charge is -2.31. The van der Waals surface area contributed by atoms with E-state index in [2.05, 4.69) is 5.32 Å². The second kappa shape index (κ2) is 4.63. The summed E-state index contributed by atoms with van der Waals surface area (Å²) in [7, 11) is -3.39. The van der Waals surface area contributed by atoms with Crippen LogP contribution in [0, 0.1) is 5.82 Å². The van der Waals surface area contributed by atoms with Crippen molar-refractivity contribution in [3.05, 3.63) is 29.6 Å². The maximum Gasteiger partial charge on any atom is 0.181 e. The minimum absolute atomic E-state index is 0.0286. The van der Waals surface area contributed by atoms with Gasteiger partial charge in [0.2, 0.25) is 0 Å². The molecule has 0 bridgehead atoms. The molecule has 0 saturated carbocycles. The molecule has 0 aromatic heterocycles.